The van der Waals surface area contributed by atoms with Crippen molar-refractivity contribution in [1.29, 1.82) is 0 Å². The number of fused-ring (bicyclic) bond motifs is 1. The number of amides is 2. The topological polar surface area (TPSA) is 80.8 Å². The highest BCUT2D eigenvalue weighted by atomic mass is 79.9. The number of benzene rings is 3. The van der Waals surface area contributed by atoms with Crippen molar-refractivity contribution in [3.63, 3.8) is 0 Å². The number of ether oxygens (including phenoxy) is 1. The van der Waals surface area contributed by atoms with E-state index in [1.165, 1.54) is 16.5 Å². The Labute approximate surface area is 217 Å². The Hall–Kier alpha value is -3.58. The number of ketones is 1. The van der Waals surface area contributed by atoms with Crippen LogP contribution >= 0.6 is 15.9 Å². The normalized spacial score (nSPS) is 21.2. The standard InChI is InChI=1S/C29H24BrNO5/c30-22-12-9-19(10-13-22)26(32)17-36-29(35)21-7-4-8-23(15-21)31-27(33)24-14-11-20(16-25(24)28(31)34)18-5-2-1-3-6-18/h1-10,12-13,15,20,24-25H,11,14,16-17H2/t20-,24-,25+/m1/s1. The molecule has 1 saturated heterocycles. The second kappa shape index (κ2) is 10.2. The van der Waals surface area contributed by atoms with Crippen molar-refractivity contribution in [2.45, 2.75) is 25.2 Å². The number of nitrogens with zero attached hydrogens (tertiary/aromatic N) is 1. The van der Waals surface area contributed by atoms with Crippen molar-refractivity contribution in [3.8, 4) is 0 Å². The molecule has 2 aliphatic rings. The quantitative estimate of drug-likeness (QED) is 0.230. The van der Waals surface area contributed by atoms with Crippen LogP contribution in [0.5, 0.6) is 0 Å². The first-order valence-electron chi connectivity index (χ1n) is 11.9. The van der Waals surface area contributed by atoms with Crippen LogP contribution in [0.25, 0.3) is 0 Å². The van der Waals surface area contributed by atoms with Crippen molar-refractivity contribution in [2.24, 2.45) is 11.8 Å². The Morgan fingerprint density at radius 1 is 0.833 bits per heavy atom. The molecule has 3 aromatic carbocycles. The number of esters is 1. The molecule has 1 heterocycles. The van der Waals surface area contributed by atoms with Crippen molar-refractivity contribution in [2.75, 3.05) is 11.5 Å². The zero-order valence-electron chi connectivity index (χ0n) is 19.4. The average molecular weight is 546 g/mol. The summed E-state index contributed by atoms with van der Waals surface area (Å²) in [7, 11) is 0. The molecule has 0 bridgehead atoms. The van der Waals surface area contributed by atoms with Gasteiger partial charge in [0.05, 0.1) is 23.1 Å². The largest absolute Gasteiger partial charge is 0.454 e. The molecule has 0 radical (unpaired) electrons. The van der Waals surface area contributed by atoms with Crippen molar-refractivity contribution >= 4 is 45.2 Å². The highest BCUT2D eigenvalue weighted by molar-refractivity contribution is 9.10. The molecule has 0 spiro atoms. The predicted octanol–water partition coefficient (Wildman–Crippen LogP) is 5.56. The Morgan fingerprint density at radius 2 is 1.56 bits per heavy atom. The summed E-state index contributed by atoms with van der Waals surface area (Å²) >= 11 is 3.32. The van der Waals surface area contributed by atoms with Crippen LogP contribution in [-0.4, -0.2) is 30.2 Å². The maximum Gasteiger partial charge on any atom is 0.338 e. The fourth-order valence-corrected chi connectivity index (χ4v) is 5.43. The zero-order valence-corrected chi connectivity index (χ0v) is 21.0. The lowest BCUT2D eigenvalue weighted by atomic mass is 9.73. The van der Waals surface area contributed by atoms with Crippen LogP contribution in [-0.2, 0) is 14.3 Å². The van der Waals surface area contributed by atoms with Gasteiger partial charge in [-0.2, -0.15) is 0 Å². The van der Waals surface area contributed by atoms with Gasteiger partial charge in [0.25, 0.3) is 0 Å². The Morgan fingerprint density at radius 3 is 2.31 bits per heavy atom. The first-order chi connectivity index (χ1) is 17.4. The highest BCUT2D eigenvalue weighted by Crippen LogP contribution is 2.45. The summed E-state index contributed by atoms with van der Waals surface area (Å²) in [6, 6.07) is 23.1. The lowest BCUT2D eigenvalue weighted by Gasteiger charge is -2.28. The summed E-state index contributed by atoms with van der Waals surface area (Å²) in [6.45, 7) is -0.405. The van der Waals surface area contributed by atoms with Crippen molar-refractivity contribution in [1.82, 2.24) is 0 Å². The van der Waals surface area contributed by atoms with Crippen LogP contribution in [0.3, 0.4) is 0 Å². The maximum absolute atomic E-state index is 13.3. The number of hydrogen-bond acceptors (Lipinski definition) is 5. The number of carbonyl (C=O) groups excluding carboxylic acids is 4. The summed E-state index contributed by atoms with van der Waals surface area (Å²) in [5.74, 6) is -1.91. The van der Waals surface area contributed by atoms with E-state index in [2.05, 4.69) is 28.1 Å². The fourth-order valence-electron chi connectivity index (χ4n) is 5.17. The lowest BCUT2D eigenvalue weighted by Crippen LogP contribution is -2.31. The van der Waals surface area contributed by atoms with E-state index in [0.29, 0.717) is 24.1 Å². The summed E-state index contributed by atoms with van der Waals surface area (Å²) in [5.41, 5.74) is 2.15. The van der Waals surface area contributed by atoms with Crippen LogP contribution in [0, 0.1) is 11.8 Å². The molecule has 182 valence electrons. The minimum Gasteiger partial charge on any atom is -0.454 e. The van der Waals surface area contributed by atoms with Gasteiger partial charge in [-0.15, -0.1) is 0 Å². The fraction of sp³-hybridized carbons (Fsp3) is 0.241. The Bertz CT molecular complexity index is 1320. The molecule has 7 heteroatoms. The molecule has 0 unspecified atom stereocenters. The lowest BCUT2D eigenvalue weighted by molar-refractivity contribution is -0.122. The summed E-state index contributed by atoms with van der Waals surface area (Å²) < 4.78 is 6.06. The summed E-state index contributed by atoms with van der Waals surface area (Å²) in [5, 5.41) is 0. The predicted molar refractivity (Wildman–Crippen MR) is 138 cm³/mol. The second-order valence-electron chi connectivity index (χ2n) is 9.20. The average Bonchev–Trinajstić information content (AvgIpc) is 3.17. The summed E-state index contributed by atoms with van der Waals surface area (Å²) in [6.07, 6.45) is 2.15. The molecule has 6 nitrogen and oxygen atoms in total. The molecule has 1 aliphatic heterocycles. The van der Waals surface area contributed by atoms with Crippen molar-refractivity contribution < 1.29 is 23.9 Å². The van der Waals surface area contributed by atoms with Crippen LogP contribution in [0.4, 0.5) is 5.69 Å². The number of halogens is 1. The molecule has 0 N–H and O–H groups in total. The summed E-state index contributed by atoms with van der Waals surface area (Å²) in [4.78, 5) is 52.8. The van der Waals surface area contributed by atoms with Crippen molar-refractivity contribution in [3.05, 3.63) is 100 Å². The number of carbonyl (C=O) groups is 4. The van der Waals surface area contributed by atoms with Gasteiger partial charge in [-0.1, -0.05) is 64.5 Å². The molecular formula is C29H24BrNO5. The molecule has 1 saturated carbocycles. The number of hydrogen-bond donors (Lipinski definition) is 0. The SMILES string of the molecule is O=C(COC(=O)c1cccc(N2C(=O)[C@H]3C[C@H](c4ccccc4)CC[C@H]3C2=O)c1)c1ccc(Br)cc1. The van der Waals surface area contributed by atoms with E-state index < -0.39 is 12.6 Å². The van der Waals surface area contributed by atoms with Crippen LogP contribution in [0.1, 0.15) is 51.5 Å². The minimum atomic E-state index is -0.692. The molecule has 3 atom stereocenters. The van der Waals surface area contributed by atoms with E-state index in [0.717, 1.165) is 10.9 Å². The van der Waals surface area contributed by atoms with E-state index in [4.69, 9.17) is 4.74 Å². The molecule has 5 rings (SSSR count). The van der Waals surface area contributed by atoms with Crippen LogP contribution < -0.4 is 4.90 Å². The second-order valence-corrected chi connectivity index (χ2v) is 10.1. The van der Waals surface area contributed by atoms with Gasteiger partial charge >= 0.3 is 5.97 Å². The van der Waals surface area contributed by atoms with E-state index in [-0.39, 0.29) is 40.9 Å². The van der Waals surface area contributed by atoms with Gasteiger partial charge in [0.15, 0.2) is 12.4 Å². The molecule has 3 aromatic rings. The first kappa shape index (κ1) is 24.1. The van der Waals surface area contributed by atoms with Crippen LogP contribution in [0.15, 0.2) is 83.3 Å². The van der Waals surface area contributed by atoms with Gasteiger partial charge < -0.3 is 4.74 Å². The van der Waals surface area contributed by atoms with Gasteiger partial charge in [0.1, 0.15) is 0 Å². The van der Waals surface area contributed by atoms with E-state index in [1.54, 1.807) is 42.5 Å². The van der Waals surface area contributed by atoms with E-state index in [9.17, 15) is 19.2 Å². The third kappa shape index (κ3) is 4.75. The molecular weight excluding hydrogens is 522 g/mol. The number of imide groups is 1. The third-order valence-electron chi connectivity index (χ3n) is 7.04. The van der Waals surface area contributed by atoms with Gasteiger partial charge in [0.2, 0.25) is 11.8 Å². The molecule has 2 fully saturated rings. The zero-order chi connectivity index (χ0) is 25.2. The molecule has 0 aromatic heterocycles. The van der Waals surface area contributed by atoms with Crippen LogP contribution in [0.2, 0.25) is 0 Å². The molecule has 2 amide bonds. The van der Waals surface area contributed by atoms with Gasteiger partial charge in [0, 0.05) is 10.0 Å². The van der Waals surface area contributed by atoms with E-state index >= 15 is 0 Å². The smallest absolute Gasteiger partial charge is 0.338 e. The minimum absolute atomic E-state index is 0.175. The van der Waals surface area contributed by atoms with E-state index in [1.807, 2.05) is 18.2 Å². The number of rotatable bonds is 6. The van der Waals surface area contributed by atoms with Gasteiger partial charge in [-0.05, 0) is 61.1 Å². The molecule has 36 heavy (non-hydrogen) atoms. The number of Topliss-reactive ketones (excluding diaryl/α,β-unsaturated/α-hetero) is 1. The Kier molecular flexibility index (Phi) is 6.83. The van der Waals surface area contributed by atoms with Gasteiger partial charge in [-0.3, -0.25) is 19.3 Å². The maximum atomic E-state index is 13.3. The van der Waals surface area contributed by atoms with Gasteiger partial charge in [-0.25, -0.2) is 4.79 Å². The monoisotopic (exact) mass is 545 g/mol. The Balaban J connectivity index is 1.28. The third-order valence-corrected chi connectivity index (χ3v) is 7.57. The first-order valence-corrected chi connectivity index (χ1v) is 12.7. The highest BCUT2D eigenvalue weighted by Gasteiger charge is 2.50. The molecule has 1 aliphatic carbocycles. The number of anilines is 1.